The molecular weight excluding hydrogens is 119 g/mol. The molecule has 0 aliphatic rings. The molecule has 0 N–H and O–H groups in total. The largest absolute Gasteiger partial charge is 0.462 e. The molecule has 0 fully saturated rings. The van der Waals surface area contributed by atoms with E-state index in [2.05, 4.69) is 4.74 Å². The van der Waals surface area contributed by atoms with Crippen molar-refractivity contribution < 1.29 is 9.53 Å². The molecule has 0 aromatic heterocycles. The van der Waals surface area contributed by atoms with Gasteiger partial charge in [0.2, 0.25) is 0 Å². The molecule has 0 atom stereocenters. The van der Waals surface area contributed by atoms with Crippen LogP contribution in [0.3, 0.4) is 0 Å². The van der Waals surface area contributed by atoms with Gasteiger partial charge in [-0.2, -0.15) is 0 Å². The maximum atomic E-state index is 9.60. The molecule has 0 rings (SSSR count). The van der Waals surface area contributed by atoms with Crippen LogP contribution in [0, 0.1) is 0 Å². The van der Waals surface area contributed by atoms with Crippen molar-refractivity contribution in [3.63, 3.8) is 0 Å². The summed E-state index contributed by atoms with van der Waals surface area (Å²) in [6.45, 7) is 5.92. The topological polar surface area (TPSA) is 26.3 Å². The Bertz CT molecular complexity index is 65.3. The van der Waals surface area contributed by atoms with Crippen LogP contribution < -0.4 is 0 Å². The summed E-state index contributed by atoms with van der Waals surface area (Å²) >= 11 is 0. The van der Waals surface area contributed by atoms with Crippen LogP contribution in [-0.4, -0.2) is 29.4 Å². The van der Waals surface area contributed by atoms with Crippen LogP contribution in [-0.2, 0) is 9.53 Å². The Morgan fingerprint density at radius 3 is 1.75 bits per heavy atom. The average Bonchev–Trinajstić information content (AvgIpc) is 1.30. The second kappa shape index (κ2) is 3.94. The predicted molar refractivity (Wildman–Crippen MR) is 36.8 cm³/mol. The van der Waals surface area contributed by atoms with Gasteiger partial charge in [0.05, 0.1) is 0 Å². The summed E-state index contributed by atoms with van der Waals surface area (Å²) in [5.41, 5.74) is -0.318. The maximum absolute atomic E-state index is 9.60. The lowest BCUT2D eigenvalue weighted by molar-refractivity contribution is -0.138. The van der Waals surface area contributed by atoms with Gasteiger partial charge in [-0.1, -0.05) is 0 Å². The summed E-state index contributed by atoms with van der Waals surface area (Å²) in [5, 5.41) is 0. The van der Waals surface area contributed by atoms with Crippen LogP contribution in [0.25, 0.3) is 0 Å². The fourth-order valence-electron chi connectivity index (χ4n) is 0.144. The van der Waals surface area contributed by atoms with Crippen molar-refractivity contribution in [2.75, 3.05) is 0 Å². The molecule has 2 nitrogen and oxygen atoms in total. The Balaban J connectivity index is 0. The highest BCUT2D eigenvalue weighted by Gasteiger charge is 2.07. The van der Waals surface area contributed by atoms with Crippen LogP contribution in [0.1, 0.15) is 20.8 Å². The molecule has 0 heterocycles. The van der Waals surface area contributed by atoms with Crippen LogP contribution in [0.15, 0.2) is 0 Å². The monoisotopic (exact) mass is 132 g/mol. The van der Waals surface area contributed by atoms with Gasteiger partial charge in [0.15, 0.2) is 17.4 Å². The quantitative estimate of drug-likeness (QED) is 0.364. The fourth-order valence-corrected chi connectivity index (χ4v) is 0.144. The van der Waals surface area contributed by atoms with Gasteiger partial charge in [0.25, 0.3) is 6.47 Å². The van der Waals surface area contributed by atoms with Gasteiger partial charge in [-0.05, 0) is 20.8 Å². The third kappa shape index (κ3) is 9.38. The Kier molecular flexibility index (Phi) is 5.36. The smallest absolute Gasteiger partial charge is 0.293 e. The first kappa shape index (κ1) is 10.9. The van der Waals surface area contributed by atoms with E-state index in [1.807, 2.05) is 20.8 Å². The van der Waals surface area contributed by atoms with Gasteiger partial charge >= 0.3 is 0 Å². The molecule has 0 spiro atoms. The average molecular weight is 132 g/mol. The van der Waals surface area contributed by atoms with Crippen LogP contribution in [0.5, 0.6) is 0 Å². The maximum Gasteiger partial charge on any atom is 0.293 e. The zero-order valence-corrected chi connectivity index (χ0v) is 4.89. The van der Waals surface area contributed by atoms with Crippen LogP contribution in [0.4, 0.5) is 0 Å². The van der Waals surface area contributed by atoms with E-state index in [-0.39, 0.29) is 23.0 Å². The van der Waals surface area contributed by atoms with E-state index in [9.17, 15) is 4.79 Å². The number of carbonyl (C=O) groups is 1. The Labute approximate surface area is 60.3 Å². The summed E-state index contributed by atoms with van der Waals surface area (Å²) in [5.74, 6) is 0. The van der Waals surface area contributed by atoms with Gasteiger partial charge in [-0.15, -0.1) is 0 Å². The lowest BCUT2D eigenvalue weighted by Gasteiger charge is -2.14. The minimum atomic E-state index is -0.318. The van der Waals surface area contributed by atoms with Crippen molar-refractivity contribution in [3.8, 4) is 0 Å². The second-order valence-corrected chi connectivity index (χ2v) is 2.33. The third-order valence-electron chi connectivity index (χ3n) is 0.402. The van der Waals surface area contributed by atoms with Gasteiger partial charge in [0.1, 0.15) is 5.60 Å². The second-order valence-electron chi connectivity index (χ2n) is 2.33. The number of ether oxygens (including phenoxy) is 1. The Hall–Kier alpha value is 0.00247. The van der Waals surface area contributed by atoms with E-state index in [4.69, 9.17) is 0 Å². The number of carbonyl (C=O) groups excluding carboxylic acids is 1. The van der Waals surface area contributed by atoms with E-state index < -0.39 is 0 Å². The zero-order chi connectivity index (χ0) is 5.91. The first-order valence-corrected chi connectivity index (χ1v) is 2.18. The summed E-state index contributed by atoms with van der Waals surface area (Å²) in [4.78, 5) is 9.60. The van der Waals surface area contributed by atoms with Crippen molar-refractivity contribution >= 4 is 23.8 Å². The number of rotatable bonds is 1. The van der Waals surface area contributed by atoms with E-state index in [0.717, 1.165) is 0 Å². The van der Waals surface area contributed by atoms with E-state index in [1.165, 1.54) is 0 Å². The molecule has 8 heavy (non-hydrogen) atoms. The molecule has 0 bridgehead atoms. The molecule has 0 aromatic carbocycles. The molecule has 0 unspecified atom stereocenters. The van der Waals surface area contributed by atoms with Gasteiger partial charge in [-0.25, -0.2) is 0 Å². The fraction of sp³-hybridized carbons (Fsp3) is 0.800. The normalized spacial score (nSPS) is 9.38. The van der Waals surface area contributed by atoms with Crippen LogP contribution >= 0.6 is 0 Å². The van der Waals surface area contributed by atoms with E-state index in [0.29, 0.717) is 6.47 Å². The molecule has 0 aliphatic carbocycles. The summed E-state index contributed by atoms with van der Waals surface area (Å²) < 4.78 is 4.55. The molecule has 0 aromatic rings. The Morgan fingerprint density at radius 2 is 1.75 bits per heavy atom. The first-order chi connectivity index (χ1) is 3.06. The molecule has 0 aliphatic heterocycles. The zero-order valence-electron chi connectivity index (χ0n) is 4.89. The molecule has 0 radical (unpaired) electrons. The van der Waals surface area contributed by atoms with Gasteiger partial charge < -0.3 is 4.74 Å². The lowest BCUT2D eigenvalue weighted by atomic mass is 10.2. The minimum Gasteiger partial charge on any atom is -0.462 e. The summed E-state index contributed by atoms with van der Waals surface area (Å²) in [6, 6.07) is 0. The third-order valence-corrected chi connectivity index (χ3v) is 0.402. The molecular formula is C5H13AlO2. The van der Waals surface area contributed by atoms with Crippen molar-refractivity contribution in [2.24, 2.45) is 0 Å². The number of hydrogen-bond donors (Lipinski definition) is 0. The van der Waals surface area contributed by atoms with Gasteiger partial charge in [0, 0.05) is 0 Å². The SMILES string of the molecule is CC(C)(C)OC=O.[AlH3]. The van der Waals surface area contributed by atoms with Crippen molar-refractivity contribution in [1.82, 2.24) is 0 Å². The first-order valence-electron chi connectivity index (χ1n) is 2.18. The van der Waals surface area contributed by atoms with Crippen molar-refractivity contribution in [2.45, 2.75) is 26.4 Å². The highest BCUT2D eigenvalue weighted by molar-refractivity contribution is 5.75. The summed E-state index contributed by atoms with van der Waals surface area (Å²) in [7, 11) is 0. The van der Waals surface area contributed by atoms with Gasteiger partial charge in [-0.3, -0.25) is 4.79 Å². The highest BCUT2D eigenvalue weighted by Crippen LogP contribution is 2.02. The molecule has 3 heteroatoms. The molecule has 0 saturated heterocycles. The van der Waals surface area contributed by atoms with E-state index >= 15 is 0 Å². The van der Waals surface area contributed by atoms with Crippen LogP contribution in [0.2, 0.25) is 0 Å². The van der Waals surface area contributed by atoms with E-state index in [1.54, 1.807) is 0 Å². The van der Waals surface area contributed by atoms with Crippen molar-refractivity contribution in [1.29, 1.82) is 0 Å². The summed E-state index contributed by atoms with van der Waals surface area (Å²) in [6.07, 6.45) is 0. The molecule has 48 valence electrons. The lowest BCUT2D eigenvalue weighted by Crippen LogP contribution is -2.17. The molecule has 0 saturated carbocycles. The predicted octanol–water partition coefficient (Wildman–Crippen LogP) is -0.226. The highest BCUT2D eigenvalue weighted by atomic mass is 27.0. The van der Waals surface area contributed by atoms with Crippen molar-refractivity contribution in [3.05, 3.63) is 0 Å². The minimum absolute atomic E-state index is 0. The molecule has 0 amide bonds. The standard InChI is InChI=1S/C5H10O2.Al.3H/c1-5(2,3)7-4-6;;;;/h4H,1-3H3;;;;. The number of hydrogen-bond acceptors (Lipinski definition) is 2. The Morgan fingerprint density at radius 1 is 1.38 bits per heavy atom.